The number of sulfonamides is 1. The zero-order valence-corrected chi connectivity index (χ0v) is 13.9. The molecule has 21 heavy (non-hydrogen) atoms. The maximum Gasteiger partial charge on any atom is 0.243 e. The molecule has 6 heteroatoms. The molecule has 1 heterocycles. The number of hydrogen-bond acceptors (Lipinski definition) is 4. The van der Waals surface area contributed by atoms with E-state index in [2.05, 4.69) is 0 Å². The van der Waals surface area contributed by atoms with Crippen molar-refractivity contribution in [3.8, 4) is 5.75 Å². The van der Waals surface area contributed by atoms with Crippen molar-refractivity contribution >= 4 is 10.0 Å². The predicted octanol–water partition coefficient (Wildman–Crippen LogP) is 1.75. The third kappa shape index (κ3) is 3.39. The summed E-state index contributed by atoms with van der Waals surface area (Å²) in [5.41, 5.74) is 6.75. The Morgan fingerprint density at radius 1 is 1.33 bits per heavy atom. The van der Waals surface area contributed by atoms with Crippen LogP contribution in [0.15, 0.2) is 23.1 Å². The zero-order chi connectivity index (χ0) is 15.8. The van der Waals surface area contributed by atoms with E-state index in [0.717, 1.165) is 11.3 Å². The summed E-state index contributed by atoms with van der Waals surface area (Å²) in [6, 6.07) is 4.90. The molecule has 1 fully saturated rings. The van der Waals surface area contributed by atoms with Crippen molar-refractivity contribution < 1.29 is 13.2 Å². The molecule has 1 saturated heterocycles. The summed E-state index contributed by atoms with van der Waals surface area (Å²) in [6.07, 6.45) is 0.0589. The second kappa shape index (κ2) is 5.94. The number of aryl methyl sites for hydroxylation is 1. The number of ether oxygens (including phenoxy) is 1. The number of nitrogens with zero attached hydrogens (tertiary/aromatic N) is 1. The van der Waals surface area contributed by atoms with Gasteiger partial charge in [-0.2, -0.15) is 4.31 Å². The SMILES string of the molecule is Cc1cc(S(=O)(=O)N2CC(C)C(N)C2)ccc1OC(C)C. The molecule has 0 radical (unpaired) electrons. The lowest BCUT2D eigenvalue weighted by Crippen LogP contribution is -2.32. The lowest BCUT2D eigenvalue weighted by atomic mass is 10.1. The van der Waals surface area contributed by atoms with Gasteiger partial charge in [-0.15, -0.1) is 0 Å². The van der Waals surface area contributed by atoms with Crippen LogP contribution in [0.3, 0.4) is 0 Å². The fraction of sp³-hybridized carbons (Fsp3) is 0.600. The molecule has 2 N–H and O–H groups in total. The fourth-order valence-corrected chi connectivity index (χ4v) is 4.12. The third-order valence-corrected chi connectivity index (χ3v) is 5.61. The summed E-state index contributed by atoms with van der Waals surface area (Å²) in [6.45, 7) is 8.58. The minimum atomic E-state index is -3.47. The molecular formula is C15H24N2O3S. The minimum Gasteiger partial charge on any atom is -0.491 e. The molecule has 0 bridgehead atoms. The van der Waals surface area contributed by atoms with Crippen molar-refractivity contribution in [2.45, 2.75) is 44.7 Å². The molecule has 2 rings (SSSR count). The van der Waals surface area contributed by atoms with Crippen LogP contribution in [0.5, 0.6) is 5.75 Å². The van der Waals surface area contributed by atoms with Crippen molar-refractivity contribution in [3.63, 3.8) is 0 Å². The maximum absolute atomic E-state index is 12.6. The highest BCUT2D eigenvalue weighted by Gasteiger charge is 2.35. The lowest BCUT2D eigenvalue weighted by Gasteiger charge is -2.18. The third-order valence-electron chi connectivity index (χ3n) is 3.78. The molecule has 0 saturated carbocycles. The molecule has 0 spiro atoms. The lowest BCUT2D eigenvalue weighted by molar-refractivity contribution is 0.240. The smallest absolute Gasteiger partial charge is 0.243 e. The van der Waals surface area contributed by atoms with Gasteiger partial charge >= 0.3 is 0 Å². The summed E-state index contributed by atoms with van der Waals surface area (Å²) in [5.74, 6) is 0.903. The van der Waals surface area contributed by atoms with Gasteiger partial charge in [-0.25, -0.2) is 8.42 Å². The van der Waals surface area contributed by atoms with Gasteiger partial charge in [0.2, 0.25) is 10.0 Å². The average molecular weight is 312 g/mol. The van der Waals surface area contributed by atoms with Crippen LogP contribution in [0.25, 0.3) is 0 Å². The van der Waals surface area contributed by atoms with Crippen LogP contribution in [0.4, 0.5) is 0 Å². The molecule has 0 aromatic heterocycles. The molecule has 1 aliphatic rings. The summed E-state index contributed by atoms with van der Waals surface area (Å²) in [7, 11) is -3.47. The van der Waals surface area contributed by atoms with E-state index in [0.29, 0.717) is 18.0 Å². The Labute approximate surface area is 127 Å². The first kappa shape index (κ1) is 16.3. The van der Waals surface area contributed by atoms with Crippen molar-refractivity contribution in [3.05, 3.63) is 23.8 Å². The van der Waals surface area contributed by atoms with Crippen molar-refractivity contribution in [2.75, 3.05) is 13.1 Å². The first-order valence-corrected chi connectivity index (χ1v) is 8.69. The summed E-state index contributed by atoms with van der Waals surface area (Å²) >= 11 is 0. The zero-order valence-electron chi connectivity index (χ0n) is 13.0. The molecule has 1 aliphatic heterocycles. The van der Waals surface area contributed by atoms with Crippen LogP contribution in [-0.4, -0.2) is 38.0 Å². The molecular weight excluding hydrogens is 288 g/mol. The van der Waals surface area contributed by atoms with Crippen LogP contribution in [0.2, 0.25) is 0 Å². The highest BCUT2D eigenvalue weighted by Crippen LogP contribution is 2.27. The van der Waals surface area contributed by atoms with Crippen LogP contribution in [-0.2, 0) is 10.0 Å². The van der Waals surface area contributed by atoms with E-state index in [9.17, 15) is 8.42 Å². The Kier molecular flexibility index (Phi) is 4.60. The van der Waals surface area contributed by atoms with Gasteiger partial charge in [-0.3, -0.25) is 0 Å². The van der Waals surface area contributed by atoms with Gasteiger partial charge < -0.3 is 10.5 Å². The number of rotatable bonds is 4. The van der Waals surface area contributed by atoms with Gasteiger partial charge in [-0.05, 0) is 50.5 Å². The van der Waals surface area contributed by atoms with Crippen LogP contribution in [0.1, 0.15) is 26.3 Å². The van der Waals surface area contributed by atoms with E-state index in [1.165, 1.54) is 4.31 Å². The van der Waals surface area contributed by atoms with Crippen LogP contribution >= 0.6 is 0 Å². The van der Waals surface area contributed by atoms with Gasteiger partial charge in [0, 0.05) is 19.1 Å². The number of hydrogen-bond donors (Lipinski definition) is 1. The topological polar surface area (TPSA) is 72.6 Å². The Bertz CT molecular complexity index is 603. The largest absolute Gasteiger partial charge is 0.491 e. The summed E-state index contributed by atoms with van der Waals surface area (Å²) in [5, 5.41) is 0. The highest BCUT2D eigenvalue weighted by atomic mass is 32.2. The van der Waals surface area contributed by atoms with Gasteiger partial charge in [-0.1, -0.05) is 6.92 Å². The number of nitrogens with two attached hydrogens (primary N) is 1. The first-order valence-electron chi connectivity index (χ1n) is 7.25. The Balaban J connectivity index is 2.27. The van der Waals surface area contributed by atoms with Gasteiger partial charge in [0.15, 0.2) is 0 Å². The second-order valence-corrected chi connectivity index (χ2v) is 8.00. The fourth-order valence-electron chi connectivity index (χ4n) is 2.46. The van der Waals surface area contributed by atoms with E-state index in [1.54, 1.807) is 18.2 Å². The Hall–Kier alpha value is -1.11. The average Bonchev–Trinajstić information content (AvgIpc) is 2.72. The van der Waals surface area contributed by atoms with E-state index in [-0.39, 0.29) is 18.1 Å². The predicted molar refractivity (Wildman–Crippen MR) is 82.8 cm³/mol. The first-order chi connectivity index (χ1) is 9.71. The molecule has 2 unspecified atom stereocenters. The molecule has 5 nitrogen and oxygen atoms in total. The van der Waals surface area contributed by atoms with Crippen LogP contribution in [0, 0.1) is 12.8 Å². The number of benzene rings is 1. The van der Waals surface area contributed by atoms with E-state index >= 15 is 0 Å². The Morgan fingerprint density at radius 2 is 2.00 bits per heavy atom. The van der Waals surface area contributed by atoms with E-state index in [4.69, 9.17) is 10.5 Å². The summed E-state index contributed by atoms with van der Waals surface area (Å²) < 4.78 is 32.4. The van der Waals surface area contributed by atoms with E-state index in [1.807, 2.05) is 27.7 Å². The normalized spacial score (nSPS) is 23.7. The van der Waals surface area contributed by atoms with Crippen molar-refractivity contribution in [2.24, 2.45) is 11.7 Å². The maximum atomic E-state index is 12.6. The molecule has 2 atom stereocenters. The molecule has 0 amide bonds. The molecule has 1 aromatic rings. The van der Waals surface area contributed by atoms with E-state index < -0.39 is 10.0 Å². The standard InChI is InChI=1S/C15H24N2O3S/c1-10(2)20-15-6-5-13(7-11(15)3)21(18,19)17-8-12(4)14(16)9-17/h5-7,10,12,14H,8-9,16H2,1-4H3. The Morgan fingerprint density at radius 3 is 2.48 bits per heavy atom. The van der Waals surface area contributed by atoms with Crippen molar-refractivity contribution in [1.29, 1.82) is 0 Å². The molecule has 0 aliphatic carbocycles. The van der Waals surface area contributed by atoms with Gasteiger partial charge in [0.05, 0.1) is 11.0 Å². The minimum absolute atomic E-state index is 0.0589. The van der Waals surface area contributed by atoms with Gasteiger partial charge in [0.25, 0.3) is 0 Å². The highest BCUT2D eigenvalue weighted by molar-refractivity contribution is 7.89. The summed E-state index contributed by atoms with van der Waals surface area (Å²) in [4.78, 5) is 0.303. The molecule has 1 aromatic carbocycles. The van der Waals surface area contributed by atoms with Crippen molar-refractivity contribution in [1.82, 2.24) is 4.31 Å². The monoisotopic (exact) mass is 312 g/mol. The van der Waals surface area contributed by atoms with Crippen LogP contribution < -0.4 is 10.5 Å². The molecule has 118 valence electrons. The van der Waals surface area contributed by atoms with Gasteiger partial charge in [0.1, 0.15) is 5.75 Å². The quantitative estimate of drug-likeness (QED) is 0.919. The second-order valence-electron chi connectivity index (χ2n) is 6.06.